The molecule has 0 spiro atoms. The van der Waals surface area contributed by atoms with Gasteiger partial charge in [0, 0.05) is 5.71 Å². The molecular formula is C15H23N. The van der Waals surface area contributed by atoms with Crippen LogP contribution in [0.15, 0.2) is 29.3 Å². The van der Waals surface area contributed by atoms with Crippen LogP contribution in [0.3, 0.4) is 0 Å². The molecule has 1 aromatic rings. The van der Waals surface area contributed by atoms with Crippen molar-refractivity contribution in [2.45, 2.75) is 41.0 Å². The van der Waals surface area contributed by atoms with Crippen molar-refractivity contribution in [2.24, 2.45) is 16.8 Å². The number of nitrogens with zero attached hydrogens (tertiary/aromatic N) is 1. The molecule has 0 saturated carbocycles. The predicted octanol–water partition coefficient (Wildman–Crippen LogP) is 4.77. The third-order valence-electron chi connectivity index (χ3n) is 2.66. The van der Waals surface area contributed by atoms with Crippen molar-refractivity contribution >= 4 is 11.4 Å². The minimum absolute atomic E-state index is 0.530. The van der Waals surface area contributed by atoms with Gasteiger partial charge in [0.1, 0.15) is 0 Å². The van der Waals surface area contributed by atoms with Crippen LogP contribution in [0.4, 0.5) is 5.69 Å². The lowest BCUT2D eigenvalue weighted by atomic mass is 9.98. The van der Waals surface area contributed by atoms with Crippen molar-refractivity contribution in [3.05, 3.63) is 29.8 Å². The van der Waals surface area contributed by atoms with Crippen molar-refractivity contribution in [3.8, 4) is 0 Å². The molecule has 0 fully saturated rings. The molecule has 0 N–H and O–H groups in total. The van der Waals surface area contributed by atoms with E-state index in [-0.39, 0.29) is 0 Å². The second-order valence-corrected chi connectivity index (χ2v) is 5.14. The number of para-hydroxylation sites is 1. The maximum atomic E-state index is 4.81. The molecule has 1 heteroatoms. The molecule has 0 aliphatic rings. The summed E-state index contributed by atoms with van der Waals surface area (Å²) in [6.45, 7) is 11.1. The van der Waals surface area contributed by atoms with E-state index in [1.54, 1.807) is 0 Å². The molecule has 0 radical (unpaired) electrons. The molecule has 0 atom stereocenters. The van der Waals surface area contributed by atoms with Crippen molar-refractivity contribution in [1.29, 1.82) is 0 Å². The topological polar surface area (TPSA) is 12.4 Å². The Morgan fingerprint density at radius 1 is 1.12 bits per heavy atom. The average Bonchev–Trinajstić information content (AvgIpc) is 2.19. The van der Waals surface area contributed by atoms with Gasteiger partial charge in [-0.15, -0.1) is 0 Å². The van der Waals surface area contributed by atoms with Crippen LogP contribution in [0.25, 0.3) is 0 Å². The van der Waals surface area contributed by atoms with E-state index in [1.807, 2.05) is 0 Å². The van der Waals surface area contributed by atoms with E-state index in [9.17, 15) is 0 Å². The fourth-order valence-corrected chi connectivity index (χ4v) is 1.67. The molecule has 0 aliphatic carbocycles. The van der Waals surface area contributed by atoms with Gasteiger partial charge in [0.2, 0.25) is 0 Å². The summed E-state index contributed by atoms with van der Waals surface area (Å²) in [5.74, 6) is 1.20. The molecule has 0 aliphatic heterocycles. The number of hydrogen-bond acceptors (Lipinski definition) is 1. The highest BCUT2D eigenvalue weighted by molar-refractivity contribution is 5.89. The van der Waals surface area contributed by atoms with E-state index in [1.165, 1.54) is 11.3 Å². The summed E-state index contributed by atoms with van der Waals surface area (Å²) in [6, 6.07) is 8.33. The summed E-state index contributed by atoms with van der Waals surface area (Å²) in [5, 5.41) is 0. The van der Waals surface area contributed by atoms with Gasteiger partial charge in [0.05, 0.1) is 5.69 Å². The lowest BCUT2D eigenvalue weighted by Crippen LogP contribution is -2.10. The predicted molar refractivity (Wildman–Crippen MR) is 72.6 cm³/mol. The van der Waals surface area contributed by atoms with Gasteiger partial charge >= 0.3 is 0 Å². The molecule has 16 heavy (non-hydrogen) atoms. The van der Waals surface area contributed by atoms with Gasteiger partial charge < -0.3 is 0 Å². The maximum Gasteiger partial charge on any atom is 0.0658 e. The van der Waals surface area contributed by atoms with Crippen molar-refractivity contribution in [2.75, 3.05) is 0 Å². The second-order valence-electron chi connectivity index (χ2n) is 5.14. The highest BCUT2D eigenvalue weighted by Gasteiger charge is 2.08. The Bertz CT molecular complexity index is 361. The van der Waals surface area contributed by atoms with Crippen molar-refractivity contribution in [3.63, 3.8) is 0 Å². The summed E-state index contributed by atoms with van der Waals surface area (Å²) in [4.78, 5) is 4.81. The number of rotatable bonds is 4. The highest BCUT2D eigenvalue weighted by atomic mass is 14.8. The van der Waals surface area contributed by atoms with Crippen LogP contribution >= 0.6 is 0 Å². The molecule has 0 heterocycles. The van der Waals surface area contributed by atoms with Crippen LogP contribution in [-0.2, 0) is 0 Å². The lowest BCUT2D eigenvalue weighted by Gasteiger charge is -2.13. The molecule has 1 nitrogen and oxygen atoms in total. The molecule has 0 aromatic heterocycles. The third-order valence-corrected chi connectivity index (χ3v) is 2.66. The average molecular weight is 217 g/mol. The van der Waals surface area contributed by atoms with E-state index in [0.717, 1.165) is 12.1 Å². The maximum absolute atomic E-state index is 4.81. The Kier molecular flexibility index (Phi) is 4.72. The standard InChI is InChI=1S/C15H23N/c1-11(2)10-15(12(3)4)16-14-9-7-6-8-13(14)5/h6-9,11-12H,10H2,1-5H3. The van der Waals surface area contributed by atoms with Gasteiger partial charge in [-0.25, -0.2) is 0 Å². The van der Waals surface area contributed by atoms with E-state index < -0.39 is 0 Å². The smallest absolute Gasteiger partial charge is 0.0658 e. The fourth-order valence-electron chi connectivity index (χ4n) is 1.67. The lowest BCUT2D eigenvalue weighted by molar-refractivity contribution is 0.660. The summed E-state index contributed by atoms with van der Waals surface area (Å²) in [5.41, 5.74) is 3.68. The summed E-state index contributed by atoms with van der Waals surface area (Å²) < 4.78 is 0. The molecule has 88 valence electrons. The molecule has 0 saturated heterocycles. The Morgan fingerprint density at radius 3 is 2.25 bits per heavy atom. The highest BCUT2D eigenvalue weighted by Crippen LogP contribution is 2.21. The van der Waals surface area contributed by atoms with Crippen LogP contribution in [0, 0.1) is 18.8 Å². The first-order chi connectivity index (χ1) is 7.50. The second kappa shape index (κ2) is 5.83. The Morgan fingerprint density at radius 2 is 1.75 bits per heavy atom. The quantitative estimate of drug-likeness (QED) is 0.644. The minimum Gasteiger partial charge on any atom is -0.257 e. The van der Waals surface area contributed by atoms with Crippen LogP contribution in [0.2, 0.25) is 0 Å². The van der Waals surface area contributed by atoms with Crippen LogP contribution < -0.4 is 0 Å². The monoisotopic (exact) mass is 217 g/mol. The van der Waals surface area contributed by atoms with Gasteiger partial charge in [0.25, 0.3) is 0 Å². The van der Waals surface area contributed by atoms with Crippen molar-refractivity contribution in [1.82, 2.24) is 0 Å². The molecular weight excluding hydrogens is 194 g/mol. The molecule has 0 unspecified atom stereocenters. The first-order valence-electron chi connectivity index (χ1n) is 6.13. The zero-order chi connectivity index (χ0) is 12.1. The zero-order valence-electron chi connectivity index (χ0n) is 11.1. The summed E-state index contributed by atoms with van der Waals surface area (Å²) >= 11 is 0. The Labute approximate surface area is 99.6 Å². The van der Waals surface area contributed by atoms with Crippen molar-refractivity contribution < 1.29 is 0 Å². The molecule has 0 bridgehead atoms. The molecule has 1 rings (SSSR count). The van der Waals surface area contributed by atoms with Gasteiger partial charge in [-0.3, -0.25) is 4.99 Å². The summed E-state index contributed by atoms with van der Waals surface area (Å²) in [7, 11) is 0. The van der Waals surface area contributed by atoms with Gasteiger partial charge in [-0.1, -0.05) is 45.9 Å². The van der Waals surface area contributed by atoms with Crippen LogP contribution in [0.5, 0.6) is 0 Å². The first-order valence-corrected chi connectivity index (χ1v) is 6.13. The van der Waals surface area contributed by atoms with Gasteiger partial charge in [-0.05, 0) is 36.8 Å². The van der Waals surface area contributed by atoms with E-state index in [4.69, 9.17) is 4.99 Å². The molecule has 0 amide bonds. The van der Waals surface area contributed by atoms with Crippen LogP contribution in [-0.4, -0.2) is 5.71 Å². The van der Waals surface area contributed by atoms with E-state index in [0.29, 0.717) is 11.8 Å². The fraction of sp³-hybridized carbons (Fsp3) is 0.533. The number of aliphatic imine (C=N–C) groups is 1. The normalized spacial score (nSPS) is 12.6. The van der Waals surface area contributed by atoms with E-state index in [2.05, 4.69) is 58.9 Å². The zero-order valence-corrected chi connectivity index (χ0v) is 11.1. The SMILES string of the molecule is Cc1ccccc1N=C(CC(C)C)C(C)C. The van der Waals surface area contributed by atoms with Gasteiger partial charge in [-0.2, -0.15) is 0 Å². The Balaban J connectivity index is 2.98. The number of aryl methyl sites for hydroxylation is 1. The minimum atomic E-state index is 0.530. The molecule has 1 aromatic carbocycles. The first kappa shape index (κ1) is 13.0. The number of benzene rings is 1. The summed E-state index contributed by atoms with van der Waals surface area (Å²) in [6.07, 6.45) is 1.09. The van der Waals surface area contributed by atoms with Crippen LogP contribution in [0.1, 0.15) is 39.7 Å². The number of hydrogen-bond donors (Lipinski definition) is 0. The van der Waals surface area contributed by atoms with Gasteiger partial charge in [0.15, 0.2) is 0 Å². The van der Waals surface area contributed by atoms with E-state index >= 15 is 0 Å². The largest absolute Gasteiger partial charge is 0.257 e. The third kappa shape index (κ3) is 3.80. The Hall–Kier alpha value is -1.11.